The van der Waals surface area contributed by atoms with Crippen molar-refractivity contribution in [1.82, 2.24) is 0 Å². The number of hydrogen-bond donors (Lipinski definition) is 2. The molecule has 0 aromatic heterocycles. The van der Waals surface area contributed by atoms with Crippen molar-refractivity contribution in [3.63, 3.8) is 0 Å². The van der Waals surface area contributed by atoms with E-state index >= 15 is 0 Å². The summed E-state index contributed by atoms with van der Waals surface area (Å²) < 4.78 is 0.361. The van der Waals surface area contributed by atoms with Gasteiger partial charge >= 0.3 is 0 Å². The Bertz CT molecular complexity index is 104. The van der Waals surface area contributed by atoms with Crippen molar-refractivity contribution in [2.45, 2.75) is 40.2 Å². The molecule has 0 aliphatic rings. The van der Waals surface area contributed by atoms with Crippen LogP contribution in [0.3, 0.4) is 0 Å². The van der Waals surface area contributed by atoms with Crippen LogP contribution in [0.5, 0.6) is 0 Å². The third-order valence-corrected chi connectivity index (χ3v) is 2.67. The van der Waals surface area contributed by atoms with E-state index in [4.69, 9.17) is 0 Å². The summed E-state index contributed by atoms with van der Waals surface area (Å²) in [6.07, 6.45) is -0.991. The largest absolute Gasteiger partial charge is 1.00 e. The standard InChI is InChI=1S/C8H20NO2.ClH/c1-5-9(6-2,7(3)10)8(4)11;/h7-8,10-11H,5-6H2,1-4H3;1H/q+1;/p-1. The molecule has 4 heteroatoms. The molecule has 0 aliphatic carbocycles. The van der Waals surface area contributed by atoms with Gasteiger partial charge in [0.05, 0.1) is 13.1 Å². The molecule has 3 nitrogen and oxygen atoms in total. The minimum atomic E-state index is -0.495. The molecule has 0 saturated carbocycles. The van der Waals surface area contributed by atoms with E-state index in [0.717, 1.165) is 13.1 Å². The topological polar surface area (TPSA) is 40.5 Å². The van der Waals surface area contributed by atoms with Crippen LogP contribution in [0.15, 0.2) is 0 Å². The molecule has 76 valence electrons. The zero-order chi connectivity index (χ0) is 9.07. The number of halogens is 1. The molecule has 0 heterocycles. The number of rotatable bonds is 4. The molecule has 0 bridgehead atoms. The van der Waals surface area contributed by atoms with Gasteiger partial charge in [0.2, 0.25) is 0 Å². The Morgan fingerprint density at radius 2 is 1.25 bits per heavy atom. The molecule has 2 N–H and O–H groups in total. The van der Waals surface area contributed by atoms with Crippen molar-refractivity contribution in [3.05, 3.63) is 0 Å². The van der Waals surface area contributed by atoms with Gasteiger partial charge in [-0.1, -0.05) is 0 Å². The first-order valence-electron chi connectivity index (χ1n) is 4.23. The molecule has 2 atom stereocenters. The van der Waals surface area contributed by atoms with Crippen molar-refractivity contribution >= 4 is 0 Å². The van der Waals surface area contributed by atoms with Crippen LogP contribution in [0.25, 0.3) is 0 Å². The van der Waals surface area contributed by atoms with Crippen molar-refractivity contribution in [2.75, 3.05) is 13.1 Å². The lowest BCUT2D eigenvalue weighted by Gasteiger charge is -2.41. The van der Waals surface area contributed by atoms with E-state index < -0.39 is 12.5 Å². The van der Waals surface area contributed by atoms with Gasteiger partial charge in [-0.25, -0.2) is 0 Å². The molecule has 0 aliphatic heterocycles. The number of quaternary nitrogens is 1. The molecule has 0 fully saturated rings. The number of aliphatic hydroxyl groups excluding tert-OH is 2. The lowest BCUT2D eigenvalue weighted by molar-refractivity contribution is -1.00. The van der Waals surface area contributed by atoms with Gasteiger partial charge in [0.25, 0.3) is 0 Å². The molecule has 0 saturated heterocycles. The molecule has 2 unspecified atom stereocenters. The predicted molar refractivity (Wildman–Crippen MR) is 44.7 cm³/mol. The highest BCUT2D eigenvalue weighted by atomic mass is 35.5. The highest BCUT2D eigenvalue weighted by molar-refractivity contribution is 4.40. The molecule has 0 aromatic rings. The smallest absolute Gasteiger partial charge is 0.189 e. The fourth-order valence-corrected chi connectivity index (χ4v) is 1.59. The average Bonchev–Trinajstić information content (AvgIpc) is 1.90. The summed E-state index contributed by atoms with van der Waals surface area (Å²) in [4.78, 5) is 0. The van der Waals surface area contributed by atoms with Crippen LogP contribution >= 0.6 is 0 Å². The minimum absolute atomic E-state index is 0. The first kappa shape index (κ1) is 14.7. The number of aliphatic hydroxyl groups is 2. The zero-order valence-electron chi connectivity index (χ0n) is 8.29. The quantitative estimate of drug-likeness (QED) is 0.387. The lowest BCUT2D eigenvalue weighted by Crippen LogP contribution is -3.00. The lowest BCUT2D eigenvalue weighted by atomic mass is 10.3. The monoisotopic (exact) mass is 197 g/mol. The Morgan fingerprint density at radius 1 is 1.00 bits per heavy atom. The summed E-state index contributed by atoms with van der Waals surface area (Å²) >= 11 is 0. The van der Waals surface area contributed by atoms with Crippen LogP contribution in [0, 0.1) is 0 Å². The minimum Gasteiger partial charge on any atom is -1.00 e. The zero-order valence-corrected chi connectivity index (χ0v) is 9.04. The maximum Gasteiger partial charge on any atom is 0.189 e. The molecule has 0 spiro atoms. The summed E-state index contributed by atoms with van der Waals surface area (Å²) in [6, 6.07) is 0. The van der Waals surface area contributed by atoms with Crippen molar-refractivity contribution < 1.29 is 27.1 Å². The Kier molecular flexibility index (Phi) is 7.04. The van der Waals surface area contributed by atoms with Crippen LogP contribution in [-0.2, 0) is 0 Å². The van der Waals surface area contributed by atoms with Gasteiger partial charge in [0.15, 0.2) is 12.5 Å². The van der Waals surface area contributed by atoms with Gasteiger partial charge in [0.1, 0.15) is 0 Å². The summed E-state index contributed by atoms with van der Waals surface area (Å²) in [7, 11) is 0. The van der Waals surface area contributed by atoms with Crippen LogP contribution in [-0.4, -0.2) is 40.2 Å². The summed E-state index contributed by atoms with van der Waals surface area (Å²) in [6.45, 7) is 8.91. The van der Waals surface area contributed by atoms with Crippen LogP contribution < -0.4 is 12.4 Å². The molecule has 0 radical (unpaired) electrons. The van der Waals surface area contributed by atoms with E-state index in [9.17, 15) is 10.2 Å². The molecule has 0 aromatic carbocycles. The van der Waals surface area contributed by atoms with Crippen LogP contribution in [0.1, 0.15) is 27.7 Å². The third kappa shape index (κ3) is 2.59. The van der Waals surface area contributed by atoms with E-state index in [0.29, 0.717) is 4.48 Å². The highest BCUT2D eigenvalue weighted by Gasteiger charge is 2.33. The molecular weight excluding hydrogens is 178 g/mol. The maximum atomic E-state index is 9.45. The fraction of sp³-hybridized carbons (Fsp3) is 1.00. The van der Waals surface area contributed by atoms with E-state index in [2.05, 4.69) is 0 Å². The normalized spacial score (nSPS) is 16.5. The van der Waals surface area contributed by atoms with Crippen LogP contribution in [0.4, 0.5) is 0 Å². The third-order valence-electron chi connectivity index (χ3n) is 2.67. The molecule has 12 heavy (non-hydrogen) atoms. The van der Waals surface area contributed by atoms with Crippen molar-refractivity contribution in [2.24, 2.45) is 0 Å². The fourth-order valence-electron chi connectivity index (χ4n) is 1.59. The van der Waals surface area contributed by atoms with Gasteiger partial charge in [-0.05, 0) is 13.8 Å². The summed E-state index contributed by atoms with van der Waals surface area (Å²) in [5, 5.41) is 18.9. The van der Waals surface area contributed by atoms with Crippen molar-refractivity contribution in [3.8, 4) is 0 Å². The van der Waals surface area contributed by atoms with E-state index in [1.807, 2.05) is 13.8 Å². The number of hydrogen-bond acceptors (Lipinski definition) is 2. The first-order chi connectivity index (χ1) is 5.01. The van der Waals surface area contributed by atoms with Gasteiger partial charge in [-0.15, -0.1) is 0 Å². The van der Waals surface area contributed by atoms with E-state index in [1.165, 1.54) is 0 Å². The Morgan fingerprint density at radius 3 is 1.25 bits per heavy atom. The maximum absolute atomic E-state index is 9.45. The SMILES string of the molecule is CC[N+](CC)(C(C)O)C(C)O.[Cl-]. The van der Waals surface area contributed by atoms with E-state index in [1.54, 1.807) is 13.8 Å². The Labute approximate surface area is 81.0 Å². The molecule has 0 rings (SSSR count). The van der Waals surface area contributed by atoms with Gasteiger partial charge in [-0.2, -0.15) is 0 Å². The number of nitrogens with zero attached hydrogens (tertiary/aromatic N) is 1. The van der Waals surface area contributed by atoms with Gasteiger partial charge in [0, 0.05) is 13.8 Å². The second-order valence-corrected chi connectivity index (χ2v) is 3.00. The first-order valence-corrected chi connectivity index (χ1v) is 4.23. The second kappa shape index (κ2) is 5.75. The molecular formula is C8H20ClNO2. The van der Waals surface area contributed by atoms with Crippen molar-refractivity contribution in [1.29, 1.82) is 0 Å². The predicted octanol–water partition coefficient (Wildman–Crippen LogP) is -2.48. The Balaban J connectivity index is 0. The Hall–Kier alpha value is 0.170. The highest BCUT2D eigenvalue weighted by Crippen LogP contribution is 2.15. The van der Waals surface area contributed by atoms with Gasteiger partial charge in [-0.3, -0.25) is 4.48 Å². The van der Waals surface area contributed by atoms with E-state index in [-0.39, 0.29) is 12.4 Å². The second-order valence-electron chi connectivity index (χ2n) is 3.00. The van der Waals surface area contributed by atoms with Gasteiger partial charge < -0.3 is 22.6 Å². The summed E-state index contributed by atoms with van der Waals surface area (Å²) in [5.41, 5.74) is 0. The molecule has 0 amide bonds. The van der Waals surface area contributed by atoms with Crippen LogP contribution in [0.2, 0.25) is 0 Å². The summed E-state index contributed by atoms with van der Waals surface area (Å²) in [5.74, 6) is 0. The average molecular weight is 198 g/mol.